The number of hydrogen-bond acceptors (Lipinski definition) is 5. The number of carbonyl (C=O) groups excluding carboxylic acids is 4. The van der Waals surface area contributed by atoms with Gasteiger partial charge in [0, 0.05) is 38.5 Å². The van der Waals surface area contributed by atoms with Crippen molar-refractivity contribution in [2.75, 3.05) is 11.9 Å². The number of hydrogen-bond donors (Lipinski definition) is 1. The van der Waals surface area contributed by atoms with E-state index in [0.29, 0.717) is 16.8 Å². The van der Waals surface area contributed by atoms with Crippen LogP contribution in [0.5, 0.6) is 0 Å². The van der Waals surface area contributed by atoms with Crippen molar-refractivity contribution in [3.63, 3.8) is 0 Å². The minimum Gasteiger partial charge on any atom is -0.452 e. The summed E-state index contributed by atoms with van der Waals surface area (Å²) in [5, 5.41) is 2.58. The molecule has 0 aromatic heterocycles. The number of rotatable bonds is 5. The van der Waals surface area contributed by atoms with E-state index in [1.807, 2.05) is 24.3 Å². The van der Waals surface area contributed by atoms with E-state index in [-0.39, 0.29) is 22.7 Å². The van der Waals surface area contributed by atoms with E-state index in [0.717, 1.165) is 10.0 Å². The van der Waals surface area contributed by atoms with Crippen molar-refractivity contribution < 1.29 is 23.9 Å². The maximum absolute atomic E-state index is 12.8. The molecule has 0 aliphatic heterocycles. The molecule has 0 heterocycles. The quantitative estimate of drug-likeness (QED) is 0.331. The Bertz CT molecular complexity index is 1290. The number of ether oxygens (including phenoxy) is 1. The van der Waals surface area contributed by atoms with Gasteiger partial charge in [0.2, 0.25) is 0 Å². The van der Waals surface area contributed by atoms with Crippen LogP contribution in [-0.4, -0.2) is 30.0 Å². The molecule has 6 nitrogen and oxygen atoms in total. The standard InChI is InChI=1S/C25H16BrNO5/c26-16-5-3-4-15(12-16)8-11-23(29)32-14-22(28)27-17-9-10-20-21(13-17)25(31)19-7-2-1-6-18(19)24(20)30/h1-13H,14H2,(H,27,28)/b11-8+. The van der Waals surface area contributed by atoms with E-state index in [4.69, 9.17) is 4.74 Å². The number of anilines is 1. The first-order chi connectivity index (χ1) is 15.4. The summed E-state index contributed by atoms with van der Waals surface area (Å²) in [6.45, 7) is -0.492. The largest absolute Gasteiger partial charge is 0.452 e. The van der Waals surface area contributed by atoms with Crippen LogP contribution in [0.25, 0.3) is 6.08 Å². The van der Waals surface area contributed by atoms with Crippen LogP contribution in [0, 0.1) is 0 Å². The number of ketones is 2. The predicted octanol–water partition coefficient (Wildman–Crippen LogP) is 4.42. The number of benzene rings is 3. The SMILES string of the molecule is O=C(COC(=O)/C=C/c1cccc(Br)c1)Nc1ccc2c(c1)C(=O)c1ccccc1C2=O. The predicted molar refractivity (Wildman–Crippen MR) is 123 cm³/mol. The first kappa shape index (κ1) is 21.4. The number of nitrogens with one attached hydrogen (secondary N) is 1. The second-order valence-electron chi connectivity index (χ2n) is 7.01. The molecule has 4 rings (SSSR count). The average molecular weight is 490 g/mol. The first-order valence-corrected chi connectivity index (χ1v) is 10.4. The molecule has 1 aliphatic rings. The lowest BCUT2D eigenvalue weighted by Crippen LogP contribution is -2.23. The van der Waals surface area contributed by atoms with Crippen LogP contribution in [0.1, 0.15) is 37.4 Å². The Labute approximate surface area is 192 Å². The van der Waals surface area contributed by atoms with Crippen LogP contribution in [0.4, 0.5) is 5.69 Å². The molecule has 0 radical (unpaired) electrons. The molecule has 1 N–H and O–H groups in total. The molecule has 32 heavy (non-hydrogen) atoms. The molecule has 1 aliphatic carbocycles. The van der Waals surface area contributed by atoms with Crippen molar-refractivity contribution in [1.29, 1.82) is 0 Å². The van der Waals surface area contributed by atoms with Gasteiger partial charge < -0.3 is 10.1 Å². The van der Waals surface area contributed by atoms with Crippen molar-refractivity contribution in [1.82, 2.24) is 0 Å². The van der Waals surface area contributed by atoms with Crippen LogP contribution >= 0.6 is 15.9 Å². The van der Waals surface area contributed by atoms with Crippen LogP contribution < -0.4 is 5.32 Å². The van der Waals surface area contributed by atoms with Gasteiger partial charge in [-0.3, -0.25) is 14.4 Å². The molecule has 0 bridgehead atoms. The molecule has 0 atom stereocenters. The van der Waals surface area contributed by atoms with Crippen LogP contribution in [0.2, 0.25) is 0 Å². The lowest BCUT2D eigenvalue weighted by atomic mass is 9.84. The Balaban J connectivity index is 1.38. The Hall–Kier alpha value is -3.84. The van der Waals surface area contributed by atoms with Gasteiger partial charge in [-0.1, -0.05) is 52.3 Å². The normalized spacial score (nSPS) is 12.3. The summed E-state index contributed by atoms with van der Waals surface area (Å²) in [6.07, 6.45) is 2.81. The molecule has 0 saturated heterocycles. The average Bonchev–Trinajstić information content (AvgIpc) is 2.80. The molecule has 0 unspecified atom stereocenters. The molecule has 3 aromatic rings. The van der Waals surface area contributed by atoms with Gasteiger partial charge in [0.25, 0.3) is 5.91 Å². The zero-order valence-electron chi connectivity index (χ0n) is 16.6. The molecule has 158 valence electrons. The van der Waals surface area contributed by atoms with Crippen molar-refractivity contribution in [2.45, 2.75) is 0 Å². The summed E-state index contributed by atoms with van der Waals surface area (Å²) < 4.78 is 5.83. The third-order valence-corrected chi connectivity index (χ3v) is 5.31. The number of halogens is 1. The highest BCUT2D eigenvalue weighted by molar-refractivity contribution is 9.10. The number of fused-ring (bicyclic) bond motifs is 2. The summed E-state index contributed by atoms with van der Waals surface area (Å²) in [5.41, 5.74) is 2.34. The highest BCUT2D eigenvalue weighted by Gasteiger charge is 2.29. The molecule has 0 spiro atoms. The van der Waals surface area contributed by atoms with E-state index in [2.05, 4.69) is 21.2 Å². The van der Waals surface area contributed by atoms with E-state index in [9.17, 15) is 19.2 Å². The first-order valence-electron chi connectivity index (χ1n) is 9.65. The minimum absolute atomic E-state index is 0.223. The number of esters is 1. The van der Waals surface area contributed by atoms with E-state index < -0.39 is 18.5 Å². The van der Waals surface area contributed by atoms with Gasteiger partial charge in [-0.25, -0.2) is 4.79 Å². The Morgan fingerprint density at radius 3 is 2.25 bits per heavy atom. The molecule has 7 heteroatoms. The monoisotopic (exact) mass is 489 g/mol. The van der Waals surface area contributed by atoms with Crippen molar-refractivity contribution in [3.05, 3.63) is 105 Å². The fourth-order valence-electron chi connectivity index (χ4n) is 3.33. The summed E-state index contributed by atoms with van der Waals surface area (Å²) in [5.74, 6) is -1.75. The van der Waals surface area contributed by atoms with Crippen LogP contribution in [0.3, 0.4) is 0 Å². The number of carbonyl (C=O) groups is 4. The minimum atomic E-state index is -0.664. The van der Waals surface area contributed by atoms with E-state index >= 15 is 0 Å². The van der Waals surface area contributed by atoms with Crippen molar-refractivity contribution in [3.8, 4) is 0 Å². The zero-order valence-corrected chi connectivity index (χ0v) is 18.2. The smallest absolute Gasteiger partial charge is 0.331 e. The highest BCUT2D eigenvalue weighted by atomic mass is 79.9. The van der Waals surface area contributed by atoms with Gasteiger partial charge in [0.15, 0.2) is 18.2 Å². The third-order valence-electron chi connectivity index (χ3n) is 4.81. The van der Waals surface area contributed by atoms with Gasteiger partial charge in [-0.2, -0.15) is 0 Å². The third kappa shape index (κ3) is 4.58. The van der Waals surface area contributed by atoms with Gasteiger partial charge in [-0.15, -0.1) is 0 Å². The summed E-state index contributed by atoms with van der Waals surface area (Å²) in [7, 11) is 0. The van der Waals surface area contributed by atoms with Crippen LogP contribution in [0.15, 0.2) is 77.3 Å². The second kappa shape index (κ2) is 9.11. The van der Waals surface area contributed by atoms with Gasteiger partial charge in [0.1, 0.15) is 0 Å². The molecule has 1 amide bonds. The van der Waals surface area contributed by atoms with Gasteiger partial charge in [0.05, 0.1) is 0 Å². The van der Waals surface area contributed by atoms with Crippen LogP contribution in [-0.2, 0) is 14.3 Å². The molecular weight excluding hydrogens is 474 g/mol. The lowest BCUT2D eigenvalue weighted by Gasteiger charge is -2.18. The van der Waals surface area contributed by atoms with E-state index in [1.165, 1.54) is 24.3 Å². The topological polar surface area (TPSA) is 89.5 Å². The van der Waals surface area contributed by atoms with Crippen molar-refractivity contribution in [2.24, 2.45) is 0 Å². The molecule has 0 saturated carbocycles. The lowest BCUT2D eigenvalue weighted by molar-refractivity contribution is -0.142. The second-order valence-corrected chi connectivity index (χ2v) is 7.92. The Morgan fingerprint density at radius 1 is 0.844 bits per heavy atom. The highest BCUT2D eigenvalue weighted by Crippen LogP contribution is 2.29. The summed E-state index contributed by atoms with van der Waals surface area (Å²) >= 11 is 3.35. The summed E-state index contributed by atoms with van der Waals surface area (Å²) in [4.78, 5) is 49.5. The molecule has 3 aromatic carbocycles. The van der Waals surface area contributed by atoms with Crippen molar-refractivity contribution >= 4 is 51.1 Å². The Morgan fingerprint density at radius 2 is 1.53 bits per heavy atom. The zero-order chi connectivity index (χ0) is 22.7. The fraction of sp³-hybridized carbons (Fsp3) is 0.0400. The number of amides is 1. The molecule has 0 fully saturated rings. The van der Waals surface area contributed by atoms with Gasteiger partial charge in [-0.05, 0) is 42.0 Å². The van der Waals surface area contributed by atoms with Gasteiger partial charge >= 0.3 is 5.97 Å². The summed E-state index contributed by atoms with van der Waals surface area (Å²) in [6, 6.07) is 18.5. The fourth-order valence-corrected chi connectivity index (χ4v) is 3.75. The maximum atomic E-state index is 12.8. The Kier molecular flexibility index (Phi) is 6.09. The maximum Gasteiger partial charge on any atom is 0.331 e. The molecular formula is C25H16BrNO5. The van der Waals surface area contributed by atoms with E-state index in [1.54, 1.807) is 30.3 Å².